The molecule has 3 nitrogen and oxygen atoms in total. The Morgan fingerprint density at radius 1 is 1.50 bits per heavy atom. The van der Waals surface area contributed by atoms with Crippen molar-refractivity contribution in [3.05, 3.63) is 18.1 Å². The van der Waals surface area contributed by atoms with Gasteiger partial charge in [-0.3, -0.25) is 0 Å². The molecule has 4 heteroatoms. The van der Waals surface area contributed by atoms with Crippen LogP contribution in [-0.4, -0.2) is 21.4 Å². The van der Waals surface area contributed by atoms with Crippen molar-refractivity contribution in [3.63, 3.8) is 0 Å². The molecule has 0 amide bonds. The second-order valence-electron chi connectivity index (χ2n) is 5.49. The monoisotopic (exact) mass is 267 g/mol. The van der Waals surface area contributed by atoms with E-state index in [4.69, 9.17) is 11.6 Å². The van der Waals surface area contributed by atoms with Gasteiger partial charge in [-0.15, -0.1) is 11.6 Å². The maximum absolute atomic E-state index is 6.22. The van der Waals surface area contributed by atoms with Gasteiger partial charge >= 0.3 is 0 Å². The largest absolute Gasteiger partial charge is 0.363 e. The summed E-state index contributed by atoms with van der Waals surface area (Å²) < 4.78 is 0. The van der Waals surface area contributed by atoms with Crippen LogP contribution in [0, 0.1) is 5.92 Å². The average molecular weight is 268 g/mol. The van der Waals surface area contributed by atoms with E-state index in [0.29, 0.717) is 5.88 Å². The molecular formula is C14H22ClN3. The van der Waals surface area contributed by atoms with Gasteiger partial charge in [-0.05, 0) is 25.2 Å². The maximum atomic E-state index is 6.22. The van der Waals surface area contributed by atoms with Crippen LogP contribution in [-0.2, 0) is 6.42 Å². The van der Waals surface area contributed by atoms with Crippen LogP contribution in [0.5, 0.6) is 0 Å². The minimum atomic E-state index is 0.0125. The van der Waals surface area contributed by atoms with Gasteiger partial charge in [0, 0.05) is 17.6 Å². The van der Waals surface area contributed by atoms with E-state index >= 15 is 0 Å². The van der Waals surface area contributed by atoms with E-state index in [2.05, 4.69) is 29.1 Å². The molecule has 1 aliphatic rings. The molecular weight excluding hydrogens is 246 g/mol. The van der Waals surface area contributed by atoms with Gasteiger partial charge in [0.05, 0.1) is 5.54 Å². The highest BCUT2D eigenvalue weighted by atomic mass is 35.5. The first-order valence-electron chi connectivity index (χ1n) is 6.82. The van der Waals surface area contributed by atoms with Crippen LogP contribution in [0.3, 0.4) is 0 Å². The van der Waals surface area contributed by atoms with Crippen molar-refractivity contribution in [1.82, 2.24) is 9.97 Å². The van der Waals surface area contributed by atoms with Crippen molar-refractivity contribution >= 4 is 17.4 Å². The number of aryl methyl sites for hydroxylation is 1. The number of hydrogen-bond donors (Lipinski definition) is 1. The van der Waals surface area contributed by atoms with Gasteiger partial charge in [0.25, 0.3) is 0 Å². The highest BCUT2D eigenvalue weighted by Gasteiger charge is 2.34. The third-order valence-corrected chi connectivity index (χ3v) is 4.34. The lowest BCUT2D eigenvalue weighted by atomic mass is 9.77. The highest BCUT2D eigenvalue weighted by Crippen LogP contribution is 2.35. The molecule has 1 aliphatic carbocycles. The first-order valence-corrected chi connectivity index (χ1v) is 7.36. The maximum Gasteiger partial charge on any atom is 0.130 e. The predicted octanol–water partition coefficient (Wildman–Crippen LogP) is 3.64. The third-order valence-electron chi connectivity index (χ3n) is 3.83. The molecule has 0 bridgehead atoms. The Morgan fingerprint density at radius 3 is 3.00 bits per heavy atom. The normalized spacial score (nSPS) is 28.1. The van der Waals surface area contributed by atoms with Gasteiger partial charge in [-0.2, -0.15) is 0 Å². The Kier molecular flexibility index (Phi) is 4.44. The summed E-state index contributed by atoms with van der Waals surface area (Å²) in [5, 5.41) is 3.57. The smallest absolute Gasteiger partial charge is 0.130 e. The number of rotatable bonds is 4. The van der Waals surface area contributed by atoms with Crippen molar-refractivity contribution in [2.24, 2.45) is 5.92 Å². The Labute approximate surface area is 114 Å². The molecule has 1 fully saturated rings. The van der Waals surface area contributed by atoms with Crippen LogP contribution in [0.1, 0.15) is 45.2 Å². The molecule has 1 aromatic heterocycles. The molecule has 2 unspecified atom stereocenters. The highest BCUT2D eigenvalue weighted by molar-refractivity contribution is 6.18. The molecule has 1 heterocycles. The molecule has 2 atom stereocenters. The van der Waals surface area contributed by atoms with Crippen LogP contribution in [0.15, 0.2) is 12.4 Å². The molecule has 2 rings (SSSR count). The lowest BCUT2D eigenvalue weighted by Gasteiger charge is -2.39. The standard InChI is InChI=1S/C14H22ClN3/c1-3-12-7-13(17-10-16-12)18-14(9-15)6-4-5-11(2)8-14/h7,10-11H,3-6,8-9H2,1-2H3,(H,16,17,18). The van der Waals surface area contributed by atoms with Crippen molar-refractivity contribution in [2.75, 3.05) is 11.2 Å². The summed E-state index contributed by atoms with van der Waals surface area (Å²) in [7, 11) is 0. The first-order chi connectivity index (χ1) is 8.67. The molecule has 100 valence electrons. The van der Waals surface area contributed by atoms with E-state index in [1.807, 2.05) is 6.07 Å². The fraction of sp³-hybridized carbons (Fsp3) is 0.714. The van der Waals surface area contributed by atoms with E-state index < -0.39 is 0 Å². The zero-order valence-electron chi connectivity index (χ0n) is 11.2. The van der Waals surface area contributed by atoms with Gasteiger partial charge < -0.3 is 5.32 Å². The lowest BCUT2D eigenvalue weighted by Crippen LogP contribution is -2.44. The summed E-state index contributed by atoms with van der Waals surface area (Å²) in [5.41, 5.74) is 1.08. The SMILES string of the molecule is CCc1cc(NC2(CCl)CCCC(C)C2)ncn1. The van der Waals surface area contributed by atoms with Crippen LogP contribution >= 0.6 is 11.6 Å². The summed E-state index contributed by atoms with van der Waals surface area (Å²) >= 11 is 6.22. The minimum Gasteiger partial charge on any atom is -0.363 e. The van der Waals surface area contributed by atoms with Crippen molar-refractivity contribution in [1.29, 1.82) is 0 Å². The van der Waals surface area contributed by atoms with Gasteiger partial charge in [0.2, 0.25) is 0 Å². The van der Waals surface area contributed by atoms with Gasteiger partial charge in [-0.25, -0.2) is 9.97 Å². The summed E-state index contributed by atoms with van der Waals surface area (Å²) in [6.07, 6.45) is 7.38. The number of halogens is 1. The zero-order valence-corrected chi connectivity index (χ0v) is 12.0. The molecule has 0 saturated heterocycles. The van der Waals surface area contributed by atoms with Crippen molar-refractivity contribution in [3.8, 4) is 0 Å². The van der Waals surface area contributed by atoms with Gasteiger partial charge in [0.15, 0.2) is 0 Å². The summed E-state index contributed by atoms with van der Waals surface area (Å²) in [6, 6.07) is 2.04. The second-order valence-corrected chi connectivity index (χ2v) is 5.76. The number of anilines is 1. The topological polar surface area (TPSA) is 37.8 Å². The van der Waals surface area contributed by atoms with E-state index in [-0.39, 0.29) is 5.54 Å². The zero-order chi connectivity index (χ0) is 13.0. The van der Waals surface area contributed by atoms with Crippen LogP contribution in [0.2, 0.25) is 0 Å². The Morgan fingerprint density at radius 2 is 2.33 bits per heavy atom. The Bertz CT molecular complexity index is 396. The number of alkyl halides is 1. The quantitative estimate of drug-likeness (QED) is 0.847. The summed E-state index contributed by atoms with van der Waals surface area (Å²) in [6.45, 7) is 4.41. The molecule has 0 aromatic carbocycles. The third kappa shape index (κ3) is 3.14. The first kappa shape index (κ1) is 13.6. The van der Waals surface area contributed by atoms with Crippen LogP contribution in [0.4, 0.5) is 5.82 Å². The second kappa shape index (κ2) is 5.87. The molecule has 18 heavy (non-hydrogen) atoms. The number of nitrogens with one attached hydrogen (secondary N) is 1. The van der Waals surface area contributed by atoms with Crippen molar-refractivity contribution in [2.45, 2.75) is 51.5 Å². The van der Waals surface area contributed by atoms with Crippen LogP contribution < -0.4 is 5.32 Å². The van der Waals surface area contributed by atoms with Crippen molar-refractivity contribution < 1.29 is 0 Å². The molecule has 0 radical (unpaired) electrons. The number of hydrogen-bond acceptors (Lipinski definition) is 3. The fourth-order valence-electron chi connectivity index (χ4n) is 2.86. The Hall–Kier alpha value is -0.830. The molecule has 0 spiro atoms. The van der Waals surface area contributed by atoms with Gasteiger partial charge in [0.1, 0.15) is 12.1 Å². The molecule has 1 N–H and O–H groups in total. The summed E-state index contributed by atoms with van der Waals surface area (Å²) in [4.78, 5) is 8.55. The van der Waals surface area contributed by atoms with E-state index in [1.165, 1.54) is 12.8 Å². The predicted molar refractivity (Wildman–Crippen MR) is 76.1 cm³/mol. The number of aromatic nitrogens is 2. The van der Waals surface area contributed by atoms with E-state index in [0.717, 1.165) is 36.7 Å². The molecule has 1 saturated carbocycles. The summed E-state index contributed by atoms with van der Waals surface area (Å²) in [5.74, 6) is 2.29. The molecule has 0 aliphatic heterocycles. The minimum absolute atomic E-state index is 0.0125. The van der Waals surface area contributed by atoms with Crippen LogP contribution in [0.25, 0.3) is 0 Å². The van der Waals surface area contributed by atoms with Gasteiger partial charge in [-0.1, -0.05) is 26.7 Å². The lowest BCUT2D eigenvalue weighted by molar-refractivity contribution is 0.279. The number of nitrogens with zero attached hydrogens (tertiary/aromatic N) is 2. The van der Waals surface area contributed by atoms with E-state index in [9.17, 15) is 0 Å². The average Bonchev–Trinajstić information content (AvgIpc) is 2.39. The van der Waals surface area contributed by atoms with E-state index in [1.54, 1.807) is 6.33 Å². The molecule has 1 aromatic rings. The fourth-order valence-corrected chi connectivity index (χ4v) is 3.17. The Balaban J connectivity index is 2.13.